The predicted octanol–water partition coefficient (Wildman–Crippen LogP) is -2.75. The summed E-state index contributed by atoms with van der Waals surface area (Å²) in [5, 5.41) is 20.7. The van der Waals surface area contributed by atoms with E-state index < -0.39 is 40.0 Å². The highest BCUT2D eigenvalue weighted by Crippen LogP contribution is 2.22. The summed E-state index contributed by atoms with van der Waals surface area (Å²) in [6, 6.07) is 0. The van der Waals surface area contributed by atoms with Crippen molar-refractivity contribution in [2.24, 2.45) is 0 Å². The first kappa shape index (κ1) is 21.1. The topological polar surface area (TPSA) is 217 Å². The Hall–Kier alpha value is -1.27. The van der Waals surface area contributed by atoms with Gasteiger partial charge in [-0.2, -0.15) is 8.42 Å². The molecular weight excluding hydrogens is 260 g/mol. The second-order valence-electron chi connectivity index (χ2n) is 2.50. The lowest BCUT2D eigenvalue weighted by atomic mass is 10.2. The molecule has 0 saturated heterocycles. The average Bonchev–Trinajstić information content (AvgIpc) is 1.99. The maximum atomic E-state index is 10.7. The van der Waals surface area contributed by atoms with Gasteiger partial charge in [0.25, 0.3) is 0 Å². The Balaban J connectivity index is -0.000000980. The number of hydrogen-bond donors (Lipinski definition) is 3. The van der Waals surface area contributed by atoms with Crippen LogP contribution < -0.4 is 22.5 Å². The lowest BCUT2D eigenvalue weighted by Crippen LogP contribution is -2.58. The number of carbonyl (C=O) groups is 2. The van der Waals surface area contributed by atoms with E-state index >= 15 is 0 Å². The highest BCUT2D eigenvalue weighted by atomic mass is 32.2. The molecule has 0 heterocycles. The number of aliphatic carboxylic acids is 2. The Bertz CT molecular complexity index is 366. The average molecular weight is 276 g/mol. The Morgan fingerprint density at radius 2 is 1.71 bits per heavy atom. The van der Waals surface area contributed by atoms with Crippen molar-refractivity contribution in [3.63, 3.8) is 0 Å². The molecular formula is C6H16N2O8S. The number of carbonyl (C=O) groups excluding carboxylic acids is 2. The van der Waals surface area contributed by atoms with Crippen molar-refractivity contribution in [2.45, 2.75) is 18.3 Å². The van der Waals surface area contributed by atoms with Gasteiger partial charge in [-0.25, -0.2) is 0 Å². The Labute approximate surface area is 97.5 Å². The summed E-state index contributed by atoms with van der Waals surface area (Å²) in [5.41, 5.74) is 0. The molecule has 0 aromatic heterocycles. The van der Waals surface area contributed by atoms with Crippen molar-refractivity contribution in [1.29, 1.82) is 0 Å². The van der Waals surface area contributed by atoms with Crippen molar-refractivity contribution < 1.29 is 37.5 Å². The second kappa shape index (κ2) is 7.13. The summed E-state index contributed by atoms with van der Waals surface area (Å²) in [7, 11) is -5.29. The number of ether oxygens (including phenoxy) is 1. The third-order valence-corrected chi connectivity index (χ3v) is 2.74. The Morgan fingerprint density at radius 1 is 1.29 bits per heavy atom. The Kier molecular flexibility index (Phi) is 8.84. The molecule has 0 fully saturated rings. The van der Waals surface area contributed by atoms with Crippen LogP contribution in [0.4, 0.5) is 0 Å². The fraction of sp³-hybridized carbons (Fsp3) is 0.667. The van der Waals surface area contributed by atoms with Gasteiger partial charge in [-0.05, 0) is 6.92 Å². The van der Waals surface area contributed by atoms with E-state index in [0.29, 0.717) is 0 Å². The maximum Gasteiger partial charge on any atom is 0.301 e. The molecule has 0 aliphatic rings. The minimum absolute atomic E-state index is 0. The fourth-order valence-corrected chi connectivity index (χ4v) is 1.65. The van der Waals surface area contributed by atoms with Gasteiger partial charge in [-0.1, -0.05) is 0 Å². The van der Waals surface area contributed by atoms with Gasteiger partial charge in [0.1, 0.15) is 0 Å². The van der Waals surface area contributed by atoms with E-state index in [9.17, 15) is 28.2 Å². The molecule has 0 aromatic rings. The van der Waals surface area contributed by atoms with Gasteiger partial charge in [0, 0.05) is 19.0 Å². The van der Waals surface area contributed by atoms with Gasteiger partial charge in [0.2, 0.25) is 4.93 Å². The number of hydrogen-bond acceptors (Lipinski definition) is 7. The molecule has 17 heavy (non-hydrogen) atoms. The van der Waals surface area contributed by atoms with E-state index in [2.05, 4.69) is 4.74 Å². The van der Waals surface area contributed by atoms with Crippen LogP contribution in [-0.4, -0.2) is 36.4 Å². The quantitative estimate of drug-likeness (QED) is 0.430. The SMILES string of the molecule is CCOC(CC(=O)[O-])(C(=O)[O-])S(=O)(=O)O.[NH4+].[NH4+]. The van der Waals surface area contributed by atoms with Crippen molar-refractivity contribution >= 4 is 22.1 Å². The molecule has 11 heteroatoms. The molecule has 10 nitrogen and oxygen atoms in total. The van der Waals surface area contributed by atoms with Crippen molar-refractivity contribution in [3.05, 3.63) is 0 Å². The first-order chi connectivity index (χ1) is 6.67. The van der Waals surface area contributed by atoms with E-state index in [1.165, 1.54) is 6.92 Å². The lowest BCUT2D eigenvalue weighted by Gasteiger charge is -2.31. The molecule has 0 spiro atoms. The van der Waals surface area contributed by atoms with Crippen LogP contribution in [0.1, 0.15) is 13.3 Å². The van der Waals surface area contributed by atoms with Gasteiger partial charge in [-0.3, -0.25) is 4.55 Å². The highest BCUT2D eigenvalue weighted by Gasteiger charge is 2.46. The molecule has 0 bridgehead atoms. The summed E-state index contributed by atoms with van der Waals surface area (Å²) >= 11 is 0. The van der Waals surface area contributed by atoms with Gasteiger partial charge in [-0.15, -0.1) is 0 Å². The van der Waals surface area contributed by atoms with Crippen LogP contribution in [-0.2, 0) is 24.4 Å². The Morgan fingerprint density at radius 3 is 1.88 bits per heavy atom. The van der Waals surface area contributed by atoms with Crippen molar-refractivity contribution in [3.8, 4) is 0 Å². The van der Waals surface area contributed by atoms with Gasteiger partial charge >= 0.3 is 10.1 Å². The summed E-state index contributed by atoms with van der Waals surface area (Å²) in [6.07, 6.45) is -1.55. The van der Waals surface area contributed by atoms with E-state index in [4.69, 9.17) is 4.55 Å². The second-order valence-corrected chi connectivity index (χ2v) is 4.11. The maximum absolute atomic E-state index is 10.7. The zero-order valence-electron chi connectivity index (χ0n) is 9.63. The smallest absolute Gasteiger partial charge is 0.301 e. The first-order valence-corrected chi connectivity index (χ1v) is 5.13. The first-order valence-electron chi connectivity index (χ1n) is 3.69. The van der Waals surface area contributed by atoms with Crippen LogP contribution in [0.5, 0.6) is 0 Å². The number of rotatable bonds is 6. The minimum atomic E-state index is -5.29. The van der Waals surface area contributed by atoms with Crippen LogP contribution in [0.2, 0.25) is 0 Å². The monoisotopic (exact) mass is 276 g/mol. The summed E-state index contributed by atoms with van der Waals surface area (Å²) in [4.78, 5) is 17.4. The van der Waals surface area contributed by atoms with E-state index in [0.717, 1.165) is 0 Å². The van der Waals surface area contributed by atoms with Gasteiger partial charge < -0.3 is 36.8 Å². The molecule has 0 rings (SSSR count). The predicted molar refractivity (Wildman–Crippen MR) is 52.5 cm³/mol. The lowest BCUT2D eigenvalue weighted by molar-refractivity contribution is -0.329. The molecule has 0 aliphatic carbocycles. The molecule has 1 atom stereocenters. The van der Waals surface area contributed by atoms with Crippen LogP contribution in [0.3, 0.4) is 0 Å². The normalized spacial score (nSPS) is 13.8. The minimum Gasteiger partial charge on any atom is -0.550 e. The molecule has 0 saturated carbocycles. The largest absolute Gasteiger partial charge is 0.550 e. The van der Waals surface area contributed by atoms with Gasteiger partial charge in [0.05, 0.1) is 5.97 Å². The molecule has 1 unspecified atom stereocenters. The molecule has 0 aliphatic heterocycles. The molecule has 104 valence electrons. The number of quaternary nitrogens is 2. The van der Waals surface area contributed by atoms with Crippen molar-refractivity contribution in [2.75, 3.05) is 6.61 Å². The van der Waals surface area contributed by atoms with Crippen LogP contribution in [0.15, 0.2) is 0 Å². The fourth-order valence-electron chi connectivity index (χ4n) is 0.876. The molecule has 0 amide bonds. The van der Waals surface area contributed by atoms with Crippen molar-refractivity contribution in [1.82, 2.24) is 12.3 Å². The zero-order valence-corrected chi connectivity index (χ0v) is 10.4. The van der Waals surface area contributed by atoms with E-state index in [1.807, 2.05) is 0 Å². The molecule has 0 aromatic carbocycles. The number of carboxylic acid groups (broad SMARTS) is 2. The van der Waals surface area contributed by atoms with Crippen LogP contribution in [0.25, 0.3) is 0 Å². The summed E-state index contributed by atoms with van der Waals surface area (Å²) in [5.74, 6) is -4.37. The molecule has 0 radical (unpaired) electrons. The van der Waals surface area contributed by atoms with Crippen LogP contribution in [0, 0.1) is 0 Å². The highest BCUT2D eigenvalue weighted by molar-refractivity contribution is 7.87. The van der Waals surface area contributed by atoms with Crippen LogP contribution >= 0.6 is 0 Å². The zero-order chi connectivity index (χ0) is 12.3. The third-order valence-electron chi connectivity index (χ3n) is 1.48. The van der Waals surface area contributed by atoms with E-state index in [-0.39, 0.29) is 12.3 Å². The summed E-state index contributed by atoms with van der Waals surface area (Å²) in [6.45, 7) is 0.777. The van der Waals surface area contributed by atoms with E-state index in [1.54, 1.807) is 0 Å². The third kappa shape index (κ3) is 4.62. The molecule has 9 N–H and O–H groups in total. The summed E-state index contributed by atoms with van der Waals surface area (Å²) < 4.78 is 34.3. The standard InChI is InChI=1S/C6H10O8S.2H3N/c1-2-14-6(5(9)10,3-4(7)8)15(11,12)13;;/h2-3H2,1H3,(H,7,8)(H,9,10)(H,11,12,13);2*1H3. The van der Waals surface area contributed by atoms with Gasteiger partial charge in [0.15, 0.2) is 0 Å². The number of carboxylic acids is 2.